The van der Waals surface area contributed by atoms with Gasteiger partial charge in [0.15, 0.2) is 0 Å². The average molecular weight is 286 g/mol. The summed E-state index contributed by atoms with van der Waals surface area (Å²) in [5.74, 6) is -0.00210. The van der Waals surface area contributed by atoms with Gasteiger partial charge in [0.2, 0.25) is 0 Å². The van der Waals surface area contributed by atoms with Gasteiger partial charge in [0.25, 0.3) is 5.91 Å². The number of nitrogens with zero attached hydrogens (tertiary/aromatic N) is 3. The minimum atomic E-state index is -0.00210. The first-order chi connectivity index (χ1) is 9.91. The predicted molar refractivity (Wildman–Crippen MR) is 84.5 cm³/mol. The Morgan fingerprint density at radius 2 is 1.95 bits per heavy atom. The van der Waals surface area contributed by atoms with Gasteiger partial charge in [-0.15, -0.1) is 0 Å². The summed E-state index contributed by atoms with van der Waals surface area (Å²) in [5.41, 5.74) is 4.85. The van der Waals surface area contributed by atoms with Crippen molar-refractivity contribution in [3.63, 3.8) is 0 Å². The van der Waals surface area contributed by atoms with Gasteiger partial charge in [0.1, 0.15) is 0 Å². The number of anilines is 1. The molecule has 0 aliphatic rings. The van der Waals surface area contributed by atoms with Crippen LogP contribution in [0.15, 0.2) is 24.3 Å². The summed E-state index contributed by atoms with van der Waals surface area (Å²) < 4.78 is 1.88. The van der Waals surface area contributed by atoms with Crippen LogP contribution in [0, 0.1) is 13.8 Å². The Bertz CT molecular complexity index is 658. The molecule has 1 aromatic heterocycles. The van der Waals surface area contributed by atoms with Crippen LogP contribution in [0.4, 0.5) is 5.69 Å². The van der Waals surface area contributed by atoms with Crippen molar-refractivity contribution in [3.8, 4) is 0 Å². The highest BCUT2D eigenvalue weighted by atomic mass is 16.2. The van der Waals surface area contributed by atoms with Crippen molar-refractivity contribution >= 4 is 11.6 Å². The van der Waals surface area contributed by atoms with E-state index >= 15 is 0 Å². The molecule has 21 heavy (non-hydrogen) atoms. The molecule has 5 nitrogen and oxygen atoms in total. The van der Waals surface area contributed by atoms with Gasteiger partial charge in [0, 0.05) is 44.6 Å². The van der Waals surface area contributed by atoms with Crippen molar-refractivity contribution in [1.82, 2.24) is 14.7 Å². The Morgan fingerprint density at radius 1 is 1.29 bits per heavy atom. The molecule has 0 radical (unpaired) electrons. The Morgan fingerprint density at radius 3 is 2.52 bits per heavy atom. The lowest BCUT2D eigenvalue weighted by Gasteiger charge is -2.15. The summed E-state index contributed by atoms with van der Waals surface area (Å²) in [6.07, 6.45) is 0. The number of hydrogen-bond acceptors (Lipinski definition) is 3. The molecule has 0 saturated heterocycles. The number of rotatable bonds is 4. The number of amides is 1. The smallest absolute Gasteiger partial charge is 0.255 e. The number of aryl methyl sites for hydroxylation is 2. The van der Waals surface area contributed by atoms with E-state index < -0.39 is 0 Å². The molecule has 2 rings (SSSR count). The van der Waals surface area contributed by atoms with Crippen molar-refractivity contribution in [2.24, 2.45) is 7.05 Å². The van der Waals surface area contributed by atoms with Crippen LogP contribution in [0.1, 0.15) is 27.3 Å². The molecule has 1 heterocycles. The van der Waals surface area contributed by atoms with Crippen LogP contribution in [-0.4, -0.2) is 34.7 Å². The third-order valence-corrected chi connectivity index (χ3v) is 3.68. The molecule has 1 N–H and O–H groups in total. The van der Waals surface area contributed by atoms with E-state index in [-0.39, 0.29) is 5.91 Å². The number of hydrogen-bond donors (Lipinski definition) is 1. The van der Waals surface area contributed by atoms with Gasteiger partial charge >= 0.3 is 0 Å². The van der Waals surface area contributed by atoms with E-state index in [9.17, 15) is 4.79 Å². The summed E-state index contributed by atoms with van der Waals surface area (Å²) in [7, 11) is 5.46. The maximum Gasteiger partial charge on any atom is 0.255 e. The van der Waals surface area contributed by atoms with Gasteiger partial charge < -0.3 is 10.2 Å². The predicted octanol–water partition coefficient (Wildman–Crippen LogP) is 2.35. The topological polar surface area (TPSA) is 50.2 Å². The maximum atomic E-state index is 12.2. The first-order valence-electron chi connectivity index (χ1n) is 6.95. The number of nitrogens with one attached hydrogen (secondary N) is 1. The zero-order valence-corrected chi connectivity index (χ0v) is 13.3. The molecular formula is C16H22N4O. The highest BCUT2D eigenvalue weighted by Crippen LogP contribution is 2.19. The van der Waals surface area contributed by atoms with Crippen LogP contribution >= 0.6 is 0 Å². The molecule has 0 spiro atoms. The van der Waals surface area contributed by atoms with E-state index in [1.165, 1.54) is 5.56 Å². The largest absolute Gasteiger partial charge is 0.380 e. The van der Waals surface area contributed by atoms with Crippen LogP contribution in [0.3, 0.4) is 0 Å². The fourth-order valence-corrected chi connectivity index (χ4v) is 2.32. The maximum absolute atomic E-state index is 12.2. The zero-order chi connectivity index (χ0) is 15.6. The lowest BCUT2D eigenvalue weighted by Crippen LogP contribution is -2.23. The van der Waals surface area contributed by atoms with Gasteiger partial charge in [-0.05, 0) is 26.0 Å². The van der Waals surface area contributed by atoms with Gasteiger partial charge in [-0.3, -0.25) is 9.48 Å². The van der Waals surface area contributed by atoms with E-state index in [0.717, 1.165) is 17.1 Å². The van der Waals surface area contributed by atoms with E-state index in [2.05, 4.69) is 10.4 Å². The molecule has 0 unspecified atom stereocenters. The molecule has 0 bridgehead atoms. The molecule has 0 saturated carbocycles. The fraction of sp³-hybridized carbons (Fsp3) is 0.375. The first-order valence-corrected chi connectivity index (χ1v) is 6.95. The minimum absolute atomic E-state index is 0.00210. The quantitative estimate of drug-likeness (QED) is 0.938. The number of benzene rings is 1. The average Bonchev–Trinajstić information content (AvgIpc) is 2.69. The minimum Gasteiger partial charge on any atom is -0.380 e. The van der Waals surface area contributed by atoms with Gasteiger partial charge in [0.05, 0.1) is 11.3 Å². The second-order valence-electron chi connectivity index (χ2n) is 5.37. The summed E-state index contributed by atoms with van der Waals surface area (Å²) in [5, 5.41) is 7.77. The molecule has 0 fully saturated rings. The number of carbonyl (C=O) groups excluding carboxylic acids is 1. The Labute approximate surface area is 125 Å². The highest BCUT2D eigenvalue weighted by Gasteiger charge is 2.14. The highest BCUT2D eigenvalue weighted by molar-refractivity contribution is 5.99. The number of carbonyl (C=O) groups is 1. The second kappa shape index (κ2) is 5.99. The molecule has 2 aromatic rings. The Kier molecular flexibility index (Phi) is 4.31. The van der Waals surface area contributed by atoms with Crippen LogP contribution in [-0.2, 0) is 13.6 Å². The van der Waals surface area contributed by atoms with Gasteiger partial charge in [-0.1, -0.05) is 12.1 Å². The lowest BCUT2D eigenvalue weighted by atomic mass is 10.1. The summed E-state index contributed by atoms with van der Waals surface area (Å²) in [4.78, 5) is 13.8. The number of para-hydroxylation sites is 1. The van der Waals surface area contributed by atoms with Crippen molar-refractivity contribution in [2.75, 3.05) is 19.4 Å². The summed E-state index contributed by atoms with van der Waals surface area (Å²) in [6.45, 7) is 4.71. The molecule has 5 heteroatoms. The van der Waals surface area contributed by atoms with E-state index in [4.69, 9.17) is 0 Å². The molecular weight excluding hydrogens is 264 g/mol. The third kappa shape index (κ3) is 3.07. The van der Waals surface area contributed by atoms with Gasteiger partial charge in [-0.25, -0.2) is 0 Å². The van der Waals surface area contributed by atoms with E-state index in [1.807, 2.05) is 49.8 Å². The lowest BCUT2D eigenvalue weighted by molar-refractivity contribution is 0.0828. The fourth-order valence-electron chi connectivity index (χ4n) is 2.32. The van der Waals surface area contributed by atoms with Crippen LogP contribution < -0.4 is 5.32 Å². The van der Waals surface area contributed by atoms with Gasteiger partial charge in [-0.2, -0.15) is 5.10 Å². The van der Waals surface area contributed by atoms with E-state index in [0.29, 0.717) is 12.1 Å². The Balaban J connectivity index is 2.23. The van der Waals surface area contributed by atoms with Crippen LogP contribution in [0.2, 0.25) is 0 Å². The number of aromatic nitrogens is 2. The molecule has 1 aromatic carbocycles. The molecule has 112 valence electrons. The van der Waals surface area contributed by atoms with Crippen molar-refractivity contribution < 1.29 is 4.79 Å². The standard InChI is InChI=1S/C16H22N4O/c1-11-14(12(2)20(5)18-11)10-17-15-9-7-6-8-13(15)16(21)19(3)4/h6-9,17H,10H2,1-5H3. The molecule has 1 amide bonds. The SMILES string of the molecule is Cc1nn(C)c(C)c1CNc1ccccc1C(=O)N(C)C. The molecule has 0 atom stereocenters. The Hall–Kier alpha value is -2.30. The summed E-state index contributed by atoms with van der Waals surface area (Å²) in [6, 6.07) is 7.58. The van der Waals surface area contributed by atoms with Crippen molar-refractivity contribution in [3.05, 3.63) is 46.8 Å². The zero-order valence-electron chi connectivity index (χ0n) is 13.3. The molecule has 0 aliphatic carbocycles. The normalized spacial score (nSPS) is 10.5. The third-order valence-electron chi connectivity index (χ3n) is 3.68. The molecule has 0 aliphatic heterocycles. The first kappa shape index (κ1) is 15.1. The van der Waals surface area contributed by atoms with Crippen molar-refractivity contribution in [1.29, 1.82) is 0 Å². The van der Waals surface area contributed by atoms with Crippen LogP contribution in [0.5, 0.6) is 0 Å². The second-order valence-corrected chi connectivity index (χ2v) is 5.37. The van der Waals surface area contributed by atoms with E-state index in [1.54, 1.807) is 19.0 Å². The van der Waals surface area contributed by atoms with Crippen LogP contribution in [0.25, 0.3) is 0 Å². The summed E-state index contributed by atoms with van der Waals surface area (Å²) >= 11 is 0. The monoisotopic (exact) mass is 286 g/mol. The van der Waals surface area contributed by atoms with Crippen molar-refractivity contribution in [2.45, 2.75) is 20.4 Å².